The number of pyridine rings is 2. The number of nitrogens with one attached hydrogen (secondary N) is 3. The fraction of sp³-hybridized carbons (Fsp3) is 0.326. The Morgan fingerprint density at radius 1 is 0.776 bits per heavy atom. The number of aryl methyl sites for hydroxylation is 1. The van der Waals surface area contributed by atoms with Crippen molar-refractivity contribution >= 4 is 41.0 Å². The number of para-hydroxylation sites is 2. The summed E-state index contributed by atoms with van der Waals surface area (Å²) in [6, 6.07) is 33.6. The van der Waals surface area contributed by atoms with Crippen LogP contribution in [0.15, 0.2) is 119 Å². The van der Waals surface area contributed by atoms with Crippen LogP contribution in [0, 0.1) is 6.92 Å². The summed E-state index contributed by atoms with van der Waals surface area (Å²) in [5.41, 5.74) is 6.10. The molecule has 1 unspecified atom stereocenters. The predicted octanol–water partition coefficient (Wildman–Crippen LogP) is 8.88. The molecule has 0 saturated carbocycles. The summed E-state index contributed by atoms with van der Waals surface area (Å²) in [6.07, 6.45) is 3.54. The first-order valence-corrected chi connectivity index (χ1v) is 20.6. The van der Waals surface area contributed by atoms with Gasteiger partial charge in [-0.2, -0.15) is 0 Å². The van der Waals surface area contributed by atoms with Gasteiger partial charge in [0.25, 0.3) is 0 Å². The number of hydrogen-bond donors (Lipinski definition) is 3. The first-order chi connectivity index (χ1) is 28.0. The molecule has 0 radical (unpaired) electrons. The average molecular weight is 801 g/mol. The molecule has 58 heavy (non-hydrogen) atoms. The molecule has 12 heteroatoms. The minimum atomic E-state index is -0.808. The molecule has 0 spiro atoms. The van der Waals surface area contributed by atoms with E-state index in [-0.39, 0.29) is 11.8 Å². The fourth-order valence-electron chi connectivity index (χ4n) is 6.46. The van der Waals surface area contributed by atoms with Crippen LogP contribution >= 0.6 is 11.8 Å². The Hall–Kier alpha value is -5.88. The number of alkyl carbamates (subject to hydrolysis) is 1. The smallest absolute Gasteiger partial charge is 0.408 e. The van der Waals surface area contributed by atoms with Crippen molar-refractivity contribution < 1.29 is 23.9 Å². The van der Waals surface area contributed by atoms with Gasteiger partial charge in [0.2, 0.25) is 17.7 Å². The Labute approximate surface area is 345 Å². The van der Waals surface area contributed by atoms with Crippen LogP contribution in [-0.4, -0.2) is 65.8 Å². The number of unbranched alkanes of at least 4 members (excludes halogenated alkanes) is 1. The third-order valence-electron chi connectivity index (χ3n) is 9.33. The average Bonchev–Trinajstić information content (AvgIpc) is 3.21. The first-order valence-electron chi connectivity index (χ1n) is 19.8. The lowest BCUT2D eigenvalue weighted by Gasteiger charge is -2.32. The number of hydrogen-bond acceptors (Lipinski definition) is 9. The summed E-state index contributed by atoms with van der Waals surface area (Å²) >= 11 is 1.74. The fourth-order valence-corrected chi connectivity index (χ4v) is 7.56. The number of benzene rings is 3. The molecule has 302 valence electrons. The van der Waals surface area contributed by atoms with Crippen molar-refractivity contribution in [3.8, 4) is 28.4 Å². The minimum absolute atomic E-state index is 0.0402. The van der Waals surface area contributed by atoms with E-state index in [4.69, 9.17) is 14.5 Å². The Morgan fingerprint density at radius 3 is 2.16 bits per heavy atom. The highest BCUT2D eigenvalue weighted by Crippen LogP contribution is 2.47. The van der Waals surface area contributed by atoms with Gasteiger partial charge in [-0.1, -0.05) is 71.9 Å². The molecule has 3 aromatic carbocycles. The van der Waals surface area contributed by atoms with Crippen LogP contribution in [0.25, 0.3) is 22.5 Å². The molecule has 2 aromatic heterocycles. The molecule has 5 aromatic rings. The molecule has 0 aliphatic carbocycles. The third-order valence-corrected chi connectivity index (χ3v) is 10.5. The van der Waals surface area contributed by atoms with Gasteiger partial charge in [-0.05, 0) is 107 Å². The summed E-state index contributed by atoms with van der Waals surface area (Å²) in [4.78, 5) is 52.7. The van der Waals surface area contributed by atoms with E-state index in [0.717, 1.165) is 28.2 Å². The van der Waals surface area contributed by atoms with Gasteiger partial charge >= 0.3 is 6.09 Å². The maximum atomic E-state index is 13.4. The van der Waals surface area contributed by atoms with Gasteiger partial charge in [0.05, 0.1) is 29.4 Å². The summed E-state index contributed by atoms with van der Waals surface area (Å²) in [6.45, 7) is 9.03. The van der Waals surface area contributed by atoms with Gasteiger partial charge in [-0.3, -0.25) is 14.6 Å². The van der Waals surface area contributed by atoms with E-state index in [2.05, 4.69) is 81.3 Å². The lowest BCUT2D eigenvalue weighted by atomic mass is 10.0. The lowest BCUT2D eigenvalue weighted by molar-refractivity contribution is -0.123. The van der Waals surface area contributed by atoms with E-state index in [0.29, 0.717) is 69.9 Å². The normalized spacial score (nSPS) is 12.4. The molecular formula is C46H52N6O5S. The van der Waals surface area contributed by atoms with E-state index in [1.165, 1.54) is 15.4 Å². The SMILES string of the molecule is Cc1ccc(-c2cc(OCCCNC(=O)C(CCCCNC(=O)CCN3c4ccccc4Sc4ccccc43)NC(=O)OC(C)(C)C)nc(-c3ccccn3)c2)cc1. The highest BCUT2D eigenvalue weighted by Gasteiger charge is 2.25. The molecule has 3 heterocycles. The molecule has 3 N–H and O–H groups in total. The summed E-state index contributed by atoms with van der Waals surface area (Å²) in [5, 5.41) is 8.72. The molecule has 3 amide bonds. The Morgan fingerprint density at radius 2 is 1.47 bits per heavy atom. The van der Waals surface area contributed by atoms with Crippen molar-refractivity contribution in [3.63, 3.8) is 0 Å². The Kier molecular flexibility index (Phi) is 14.4. The van der Waals surface area contributed by atoms with Crippen molar-refractivity contribution in [1.29, 1.82) is 0 Å². The third kappa shape index (κ3) is 12.1. The molecule has 0 fully saturated rings. The molecular weight excluding hydrogens is 749 g/mol. The summed E-state index contributed by atoms with van der Waals surface area (Å²) in [7, 11) is 0. The van der Waals surface area contributed by atoms with Crippen molar-refractivity contribution in [2.24, 2.45) is 0 Å². The maximum Gasteiger partial charge on any atom is 0.408 e. The van der Waals surface area contributed by atoms with Crippen LogP contribution in [0.3, 0.4) is 0 Å². The van der Waals surface area contributed by atoms with Gasteiger partial charge in [-0.15, -0.1) is 0 Å². The number of rotatable bonds is 17. The number of amides is 3. The second kappa shape index (κ2) is 20.0. The Balaban J connectivity index is 0.970. The predicted molar refractivity (Wildman–Crippen MR) is 229 cm³/mol. The van der Waals surface area contributed by atoms with E-state index >= 15 is 0 Å². The summed E-state index contributed by atoms with van der Waals surface area (Å²) < 4.78 is 11.5. The van der Waals surface area contributed by atoms with Crippen LogP contribution in [0.2, 0.25) is 0 Å². The first kappa shape index (κ1) is 41.7. The number of nitrogens with zero attached hydrogens (tertiary/aromatic N) is 3. The van der Waals surface area contributed by atoms with Crippen LogP contribution in [0.5, 0.6) is 5.88 Å². The van der Waals surface area contributed by atoms with Crippen LogP contribution in [0.4, 0.5) is 16.2 Å². The highest BCUT2D eigenvalue weighted by atomic mass is 32.2. The molecule has 11 nitrogen and oxygen atoms in total. The van der Waals surface area contributed by atoms with Crippen molar-refractivity contribution in [3.05, 3.63) is 115 Å². The van der Waals surface area contributed by atoms with Gasteiger partial charge < -0.3 is 30.3 Å². The molecule has 1 aliphatic rings. The molecule has 0 saturated heterocycles. The van der Waals surface area contributed by atoms with E-state index in [1.807, 2.05) is 54.6 Å². The molecule has 1 atom stereocenters. The van der Waals surface area contributed by atoms with Gasteiger partial charge in [0, 0.05) is 48.1 Å². The molecule has 1 aliphatic heterocycles. The topological polar surface area (TPSA) is 135 Å². The summed E-state index contributed by atoms with van der Waals surface area (Å²) in [5.74, 6) is 0.108. The lowest BCUT2D eigenvalue weighted by Crippen LogP contribution is -2.48. The van der Waals surface area contributed by atoms with Crippen molar-refractivity contribution in [2.45, 2.75) is 81.2 Å². The minimum Gasteiger partial charge on any atom is -0.478 e. The second-order valence-corrected chi connectivity index (χ2v) is 16.2. The number of aromatic nitrogens is 2. The van der Waals surface area contributed by atoms with Gasteiger partial charge in [0.1, 0.15) is 11.6 Å². The number of ether oxygens (including phenoxy) is 2. The van der Waals surface area contributed by atoms with Crippen molar-refractivity contribution in [1.82, 2.24) is 25.9 Å². The zero-order valence-corrected chi connectivity index (χ0v) is 34.4. The van der Waals surface area contributed by atoms with Crippen molar-refractivity contribution in [2.75, 3.05) is 31.1 Å². The largest absolute Gasteiger partial charge is 0.478 e. The highest BCUT2D eigenvalue weighted by molar-refractivity contribution is 7.99. The van der Waals surface area contributed by atoms with Gasteiger partial charge in [-0.25, -0.2) is 9.78 Å². The number of anilines is 2. The standard InChI is InChI=1S/C46H52N6O5S/c1-32-20-22-33(23-21-32)34-30-37(35-14-9-11-25-47-35)50-43(31-34)56-29-13-27-49-44(54)36(51-45(55)57-46(2,3)4)15-10-12-26-48-42(53)24-28-52-38-16-5-7-18-40(38)58-41-19-8-6-17-39(41)52/h5-9,11,14,16-23,25,30-31,36H,10,12-13,15,24,26-29H2,1-4H3,(H,48,53)(H,49,54)(H,51,55). The number of carbonyl (C=O) groups excluding carboxylic acids is 3. The van der Waals surface area contributed by atoms with E-state index < -0.39 is 17.7 Å². The quantitative estimate of drug-likeness (QED) is 0.0789. The zero-order valence-electron chi connectivity index (χ0n) is 33.6. The number of carbonyl (C=O) groups is 3. The molecule has 6 rings (SSSR count). The number of fused-ring (bicyclic) bond motifs is 2. The monoisotopic (exact) mass is 800 g/mol. The molecule has 0 bridgehead atoms. The van der Waals surface area contributed by atoms with Gasteiger partial charge in [0.15, 0.2) is 0 Å². The van der Waals surface area contributed by atoms with Crippen LogP contribution in [0.1, 0.15) is 58.4 Å². The van der Waals surface area contributed by atoms with E-state index in [1.54, 1.807) is 38.7 Å². The zero-order chi connectivity index (χ0) is 40.9. The Bertz CT molecular complexity index is 2110. The van der Waals surface area contributed by atoms with Crippen LogP contribution < -0.4 is 25.6 Å². The second-order valence-electron chi connectivity index (χ2n) is 15.1. The van der Waals surface area contributed by atoms with Crippen LogP contribution in [-0.2, 0) is 14.3 Å². The maximum absolute atomic E-state index is 13.4. The van der Waals surface area contributed by atoms with E-state index in [9.17, 15) is 14.4 Å².